The lowest BCUT2D eigenvalue weighted by Gasteiger charge is -2.25. The van der Waals surface area contributed by atoms with Gasteiger partial charge in [0, 0.05) is 4.47 Å². The summed E-state index contributed by atoms with van der Waals surface area (Å²) < 4.78 is 6.33. The van der Waals surface area contributed by atoms with Crippen LogP contribution in [0.3, 0.4) is 0 Å². The first-order valence-electron chi connectivity index (χ1n) is 7.71. The van der Waals surface area contributed by atoms with Gasteiger partial charge in [-0.15, -0.1) is 0 Å². The fourth-order valence-corrected chi connectivity index (χ4v) is 3.51. The fourth-order valence-electron chi connectivity index (χ4n) is 3.10. The smallest absolute Gasteiger partial charge is 0.119 e. The van der Waals surface area contributed by atoms with E-state index < -0.39 is 0 Å². The van der Waals surface area contributed by atoms with E-state index in [2.05, 4.69) is 15.9 Å². The molecule has 2 nitrogen and oxygen atoms in total. The monoisotopic (exact) mass is 340 g/mol. The third kappa shape index (κ3) is 4.49. The Labute approximate surface area is 130 Å². The Morgan fingerprint density at radius 2 is 1.85 bits per heavy atom. The molecule has 3 heteroatoms. The zero-order valence-corrected chi connectivity index (χ0v) is 13.9. The highest BCUT2D eigenvalue weighted by atomic mass is 79.9. The summed E-state index contributed by atoms with van der Waals surface area (Å²) in [6, 6.07) is 5.96. The van der Waals surface area contributed by atoms with Crippen LogP contribution in [0.1, 0.15) is 50.5 Å². The van der Waals surface area contributed by atoms with Crippen LogP contribution in [-0.2, 0) is 6.42 Å². The van der Waals surface area contributed by atoms with Gasteiger partial charge in [-0.2, -0.15) is 0 Å². The van der Waals surface area contributed by atoms with Gasteiger partial charge in [-0.1, -0.05) is 48.0 Å². The van der Waals surface area contributed by atoms with Crippen molar-refractivity contribution in [2.45, 2.75) is 57.5 Å². The van der Waals surface area contributed by atoms with Crippen molar-refractivity contribution < 1.29 is 9.84 Å². The van der Waals surface area contributed by atoms with Crippen molar-refractivity contribution in [2.24, 2.45) is 5.92 Å². The molecule has 0 aromatic heterocycles. The van der Waals surface area contributed by atoms with E-state index in [0.717, 1.165) is 15.8 Å². The number of halogens is 1. The number of benzene rings is 1. The normalized spacial score (nSPS) is 19.1. The molecule has 20 heavy (non-hydrogen) atoms. The van der Waals surface area contributed by atoms with Crippen LogP contribution >= 0.6 is 15.9 Å². The minimum Gasteiger partial charge on any atom is -0.497 e. The maximum Gasteiger partial charge on any atom is 0.119 e. The zero-order valence-electron chi connectivity index (χ0n) is 12.3. The fraction of sp³-hybridized carbons (Fsp3) is 0.647. The predicted octanol–water partition coefficient (Wildman–Crippen LogP) is 4.72. The molecule has 1 aromatic rings. The second-order valence-electron chi connectivity index (χ2n) is 5.83. The molecule has 1 fully saturated rings. The number of aliphatic hydroxyl groups is 1. The van der Waals surface area contributed by atoms with Crippen LogP contribution in [0.4, 0.5) is 0 Å². The maximum atomic E-state index is 10.6. The number of aliphatic hydroxyl groups excluding tert-OH is 1. The molecule has 1 atom stereocenters. The molecular weight excluding hydrogens is 316 g/mol. The SMILES string of the molecule is COc1ccc(Br)c(CC(O)C2CCCCCCC2)c1. The summed E-state index contributed by atoms with van der Waals surface area (Å²) in [4.78, 5) is 0. The van der Waals surface area contributed by atoms with Gasteiger partial charge in [-0.3, -0.25) is 0 Å². The van der Waals surface area contributed by atoms with E-state index in [1.165, 1.54) is 44.9 Å². The van der Waals surface area contributed by atoms with Crippen LogP contribution < -0.4 is 4.74 Å². The Kier molecular flexibility index (Phi) is 6.37. The molecule has 0 spiro atoms. The van der Waals surface area contributed by atoms with Crippen molar-refractivity contribution in [1.29, 1.82) is 0 Å². The first kappa shape index (κ1) is 15.8. The first-order valence-corrected chi connectivity index (χ1v) is 8.50. The highest BCUT2D eigenvalue weighted by molar-refractivity contribution is 9.10. The van der Waals surface area contributed by atoms with E-state index in [1.807, 2.05) is 18.2 Å². The molecule has 0 heterocycles. The highest BCUT2D eigenvalue weighted by Crippen LogP contribution is 2.29. The molecule has 1 aliphatic carbocycles. The second-order valence-corrected chi connectivity index (χ2v) is 6.69. The van der Waals surface area contributed by atoms with Crippen molar-refractivity contribution in [3.05, 3.63) is 28.2 Å². The van der Waals surface area contributed by atoms with Gasteiger partial charge in [0.15, 0.2) is 0 Å². The number of rotatable bonds is 4. The lowest BCUT2D eigenvalue weighted by atomic mass is 9.85. The van der Waals surface area contributed by atoms with Crippen molar-refractivity contribution in [1.82, 2.24) is 0 Å². The number of ether oxygens (including phenoxy) is 1. The van der Waals surface area contributed by atoms with Gasteiger partial charge in [-0.25, -0.2) is 0 Å². The standard InChI is InChI=1S/C17H25BrO2/c1-20-15-9-10-16(18)14(11-15)12-17(19)13-7-5-3-2-4-6-8-13/h9-11,13,17,19H,2-8,12H2,1H3. The van der Waals surface area contributed by atoms with Gasteiger partial charge in [0.1, 0.15) is 5.75 Å². The molecular formula is C17H25BrO2. The minimum absolute atomic E-state index is 0.239. The van der Waals surface area contributed by atoms with Crippen molar-refractivity contribution in [3.8, 4) is 5.75 Å². The highest BCUT2D eigenvalue weighted by Gasteiger charge is 2.21. The molecule has 1 saturated carbocycles. The molecule has 0 amide bonds. The van der Waals surface area contributed by atoms with E-state index in [1.54, 1.807) is 7.11 Å². The molecule has 0 aliphatic heterocycles. The predicted molar refractivity (Wildman–Crippen MR) is 86.2 cm³/mol. The van der Waals surface area contributed by atoms with E-state index >= 15 is 0 Å². The van der Waals surface area contributed by atoms with Gasteiger partial charge < -0.3 is 9.84 Å². The summed E-state index contributed by atoms with van der Waals surface area (Å²) in [5.41, 5.74) is 1.14. The first-order chi connectivity index (χ1) is 9.70. The molecule has 112 valence electrons. The second kappa shape index (κ2) is 8.04. The van der Waals surface area contributed by atoms with Gasteiger partial charge in [0.25, 0.3) is 0 Å². The molecule has 1 aliphatic rings. The molecule has 1 unspecified atom stereocenters. The average molecular weight is 341 g/mol. The zero-order chi connectivity index (χ0) is 14.4. The van der Waals surface area contributed by atoms with Gasteiger partial charge in [0.05, 0.1) is 13.2 Å². The van der Waals surface area contributed by atoms with Crippen LogP contribution in [0.25, 0.3) is 0 Å². The number of methoxy groups -OCH3 is 1. The van der Waals surface area contributed by atoms with Crippen molar-refractivity contribution in [3.63, 3.8) is 0 Å². The Bertz CT molecular complexity index is 411. The topological polar surface area (TPSA) is 29.5 Å². The van der Waals surface area contributed by atoms with Gasteiger partial charge in [-0.05, 0) is 48.9 Å². The molecule has 0 radical (unpaired) electrons. The van der Waals surface area contributed by atoms with Crippen LogP contribution in [-0.4, -0.2) is 18.3 Å². The number of hydrogen-bond donors (Lipinski definition) is 1. The molecule has 1 aromatic carbocycles. The van der Waals surface area contributed by atoms with Crippen molar-refractivity contribution >= 4 is 15.9 Å². The van der Waals surface area contributed by atoms with Crippen LogP contribution in [0.2, 0.25) is 0 Å². The van der Waals surface area contributed by atoms with Crippen molar-refractivity contribution in [2.75, 3.05) is 7.11 Å². The maximum absolute atomic E-state index is 10.6. The largest absolute Gasteiger partial charge is 0.497 e. The summed E-state index contributed by atoms with van der Waals surface area (Å²) in [5.74, 6) is 1.31. The lowest BCUT2D eigenvalue weighted by Crippen LogP contribution is -2.24. The lowest BCUT2D eigenvalue weighted by molar-refractivity contribution is 0.0911. The van der Waals surface area contributed by atoms with E-state index in [-0.39, 0.29) is 6.10 Å². The van der Waals surface area contributed by atoms with E-state index in [0.29, 0.717) is 12.3 Å². The van der Waals surface area contributed by atoms with Crippen LogP contribution in [0.5, 0.6) is 5.75 Å². The summed E-state index contributed by atoms with van der Waals surface area (Å²) in [6.07, 6.45) is 9.36. The molecule has 1 N–H and O–H groups in total. The van der Waals surface area contributed by atoms with Crippen LogP contribution in [0, 0.1) is 5.92 Å². The Balaban J connectivity index is 2.00. The average Bonchev–Trinajstić information content (AvgIpc) is 2.40. The minimum atomic E-state index is -0.239. The summed E-state index contributed by atoms with van der Waals surface area (Å²) in [7, 11) is 1.68. The van der Waals surface area contributed by atoms with E-state index in [4.69, 9.17) is 4.74 Å². The summed E-state index contributed by atoms with van der Waals surface area (Å²) in [6.45, 7) is 0. The summed E-state index contributed by atoms with van der Waals surface area (Å²) in [5, 5.41) is 10.6. The summed E-state index contributed by atoms with van der Waals surface area (Å²) >= 11 is 3.57. The Hall–Kier alpha value is -0.540. The number of hydrogen-bond acceptors (Lipinski definition) is 2. The van der Waals surface area contributed by atoms with E-state index in [9.17, 15) is 5.11 Å². The molecule has 0 bridgehead atoms. The Morgan fingerprint density at radius 3 is 2.50 bits per heavy atom. The van der Waals surface area contributed by atoms with Gasteiger partial charge >= 0.3 is 0 Å². The quantitative estimate of drug-likeness (QED) is 0.859. The molecule has 0 saturated heterocycles. The third-order valence-corrected chi connectivity index (χ3v) is 5.15. The van der Waals surface area contributed by atoms with Gasteiger partial charge in [0.2, 0.25) is 0 Å². The molecule has 2 rings (SSSR count). The van der Waals surface area contributed by atoms with Crippen LogP contribution in [0.15, 0.2) is 22.7 Å². The third-order valence-electron chi connectivity index (χ3n) is 4.38. The Morgan fingerprint density at radius 1 is 1.20 bits per heavy atom.